The Kier molecular flexibility index (Phi) is 3.15. The molecule has 5 heteroatoms. The van der Waals surface area contributed by atoms with Crippen LogP contribution in [0.3, 0.4) is 0 Å². The highest BCUT2D eigenvalue weighted by Gasteiger charge is 2.09. The Morgan fingerprint density at radius 3 is 3.00 bits per heavy atom. The van der Waals surface area contributed by atoms with Crippen LogP contribution in [0.25, 0.3) is 0 Å². The normalized spacial score (nSPS) is 11.7. The van der Waals surface area contributed by atoms with E-state index in [-0.39, 0.29) is 12.0 Å². The molecule has 1 unspecified atom stereocenters. The first-order valence-corrected chi connectivity index (χ1v) is 3.96. The van der Waals surface area contributed by atoms with Crippen LogP contribution in [0.2, 0.25) is 0 Å². The van der Waals surface area contributed by atoms with Crippen molar-refractivity contribution < 1.29 is 9.90 Å². The van der Waals surface area contributed by atoms with Crippen molar-refractivity contribution in [3.63, 3.8) is 0 Å². The lowest BCUT2D eigenvalue weighted by Gasteiger charge is -2.07. The maximum Gasteiger partial charge on any atom is 0.337 e. The third-order valence-electron chi connectivity index (χ3n) is 1.75. The number of hydrogen-bond donors (Lipinski definition) is 2. The van der Waals surface area contributed by atoms with Gasteiger partial charge in [0.2, 0.25) is 0 Å². The number of nitrogens with zero attached hydrogens (tertiary/aromatic N) is 2. The first kappa shape index (κ1) is 10.2. The lowest BCUT2D eigenvalue weighted by molar-refractivity contribution is 0.0696. The van der Waals surface area contributed by atoms with Crippen LogP contribution in [0.15, 0.2) is 18.5 Å². The van der Waals surface area contributed by atoms with Gasteiger partial charge in [-0.3, -0.25) is 4.98 Å². The van der Waals surface area contributed by atoms with Crippen LogP contribution < -0.4 is 5.73 Å². The number of carbonyl (C=O) groups is 1. The Morgan fingerprint density at radius 2 is 2.43 bits per heavy atom. The van der Waals surface area contributed by atoms with Crippen molar-refractivity contribution in [2.45, 2.75) is 12.5 Å². The summed E-state index contributed by atoms with van der Waals surface area (Å²) in [5.41, 5.74) is 6.26. The van der Waals surface area contributed by atoms with E-state index in [1.165, 1.54) is 18.5 Å². The second-order valence-corrected chi connectivity index (χ2v) is 2.78. The number of rotatable bonds is 3. The number of hydrogen-bond acceptors (Lipinski definition) is 4. The van der Waals surface area contributed by atoms with Gasteiger partial charge >= 0.3 is 5.97 Å². The molecule has 0 aliphatic carbocycles. The second-order valence-electron chi connectivity index (χ2n) is 2.78. The lowest BCUT2D eigenvalue weighted by Crippen LogP contribution is -2.11. The summed E-state index contributed by atoms with van der Waals surface area (Å²) >= 11 is 0. The average molecular weight is 191 g/mol. The van der Waals surface area contributed by atoms with Gasteiger partial charge in [-0.05, 0) is 11.6 Å². The molecular formula is C9H9N3O2. The minimum atomic E-state index is -1.05. The molecule has 1 aromatic rings. The van der Waals surface area contributed by atoms with Crippen LogP contribution in [0.1, 0.15) is 28.4 Å². The quantitative estimate of drug-likeness (QED) is 0.732. The summed E-state index contributed by atoms with van der Waals surface area (Å²) in [6, 6.07) is 2.86. The topological polar surface area (TPSA) is 100 Å². The van der Waals surface area contributed by atoms with Crippen LogP contribution in [-0.2, 0) is 0 Å². The molecule has 1 atom stereocenters. The van der Waals surface area contributed by atoms with Gasteiger partial charge in [0.15, 0.2) is 0 Å². The van der Waals surface area contributed by atoms with Crippen LogP contribution in [0.5, 0.6) is 0 Å². The van der Waals surface area contributed by atoms with E-state index in [1.807, 2.05) is 6.07 Å². The third-order valence-corrected chi connectivity index (χ3v) is 1.75. The minimum Gasteiger partial charge on any atom is -0.478 e. The van der Waals surface area contributed by atoms with Gasteiger partial charge in [-0.25, -0.2) is 4.79 Å². The maximum absolute atomic E-state index is 10.6. The van der Waals surface area contributed by atoms with Gasteiger partial charge in [0.25, 0.3) is 0 Å². The molecule has 0 amide bonds. The summed E-state index contributed by atoms with van der Waals surface area (Å²) in [4.78, 5) is 14.3. The van der Waals surface area contributed by atoms with E-state index in [4.69, 9.17) is 16.1 Å². The van der Waals surface area contributed by atoms with Crippen molar-refractivity contribution in [1.82, 2.24) is 4.98 Å². The Bertz CT molecular complexity index is 384. The largest absolute Gasteiger partial charge is 0.478 e. The van der Waals surface area contributed by atoms with Gasteiger partial charge < -0.3 is 10.8 Å². The lowest BCUT2D eigenvalue weighted by atomic mass is 10.1. The number of aromatic nitrogens is 1. The number of aromatic carboxylic acids is 1. The highest BCUT2D eigenvalue weighted by molar-refractivity contribution is 5.87. The monoisotopic (exact) mass is 191 g/mol. The zero-order valence-electron chi connectivity index (χ0n) is 7.34. The van der Waals surface area contributed by atoms with Crippen LogP contribution in [0.4, 0.5) is 0 Å². The highest BCUT2D eigenvalue weighted by Crippen LogP contribution is 2.13. The maximum atomic E-state index is 10.6. The van der Waals surface area contributed by atoms with Crippen molar-refractivity contribution in [2.75, 3.05) is 0 Å². The predicted octanol–water partition coefficient (Wildman–Crippen LogP) is 0.693. The number of carboxylic acid groups (broad SMARTS) is 1. The molecule has 0 saturated carbocycles. The highest BCUT2D eigenvalue weighted by atomic mass is 16.4. The van der Waals surface area contributed by atoms with E-state index >= 15 is 0 Å². The summed E-state index contributed by atoms with van der Waals surface area (Å²) < 4.78 is 0. The molecule has 0 aliphatic heterocycles. The number of pyridine rings is 1. The number of nitriles is 1. The molecule has 14 heavy (non-hydrogen) atoms. The standard InChI is InChI=1S/C9H9N3O2/c10-2-1-8(11)6-3-7(9(13)14)5-12-4-6/h3-5,8H,1,11H2,(H,13,14). The number of carboxylic acids is 1. The molecule has 0 aromatic carbocycles. The molecule has 72 valence electrons. The fourth-order valence-electron chi connectivity index (χ4n) is 0.994. The van der Waals surface area contributed by atoms with Crippen LogP contribution >= 0.6 is 0 Å². The summed E-state index contributed by atoms with van der Waals surface area (Å²) in [7, 11) is 0. The molecule has 0 saturated heterocycles. The molecule has 1 rings (SSSR count). The van der Waals surface area contributed by atoms with Crippen molar-refractivity contribution in [2.24, 2.45) is 5.73 Å². The van der Waals surface area contributed by atoms with Gasteiger partial charge in [-0.1, -0.05) is 0 Å². The van der Waals surface area contributed by atoms with Crippen molar-refractivity contribution in [3.8, 4) is 6.07 Å². The van der Waals surface area contributed by atoms with Gasteiger partial charge in [-0.15, -0.1) is 0 Å². The molecule has 5 nitrogen and oxygen atoms in total. The molecule has 3 N–H and O–H groups in total. The van der Waals surface area contributed by atoms with Crippen LogP contribution in [0, 0.1) is 11.3 Å². The molecule has 0 aliphatic rings. The van der Waals surface area contributed by atoms with Gasteiger partial charge in [0.1, 0.15) is 0 Å². The van der Waals surface area contributed by atoms with E-state index in [9.17, 15) is 4.79 Å². The minimum absolute atomic E-state index is 0.0795. The number of nitrogens with two attached hydrogens (primary N) is 1. The fourth-order valence-corrected chi connectivity index (χ4v) is 0.994. The van der Waals surface area contributed by atoms with Crippen molar-refractivity contribution >= 4 is 5.97 Å². The molecule has 1 aromatic heterocycles. The predicted molar refractivity (Wildman–Crippen MR) is 48.4 cm³/mol. The molecule has 0 spiro atoms. The second kappa shape index (κ2) is 4.35. The van der Waals surface area contributed by atoms with Gasteiger partial charge in [0.05, 0.1) is 18.1 Å². The molecular weight excluding hydrogens is 182 g/mol. The van der Waals surface area contributed by atoms with E-state index in [2.05, 4.69) is 4.98 Å². The molecule has 0 fully saturated rings. The average Bonchev–Trinajstić information content (AvgIpc) is 2.18. The summed E-state index contributed by atoms with van der Waals surface area (Å²) in [6.45, 7) is 0. The van der Waals surface area contributed by atoms with E-state index in [1.54, 1.807) is 0 Å². The third kappa shape index (κ3) is 2.28. The Balaban J connectivity index is 2.94. The van der Waals surface area contributed by atoms with E-state index in [0.717, 1.165) is 0 Å². The van der Waals surface area contributed by atoms with E-state index < -0.39 is 12.0 Å². The molecule has 1 heterocycles. The summed E-state index contributed by atoms with van der Waals surface area (Å²) in [5.74, 6) is -1.05. The Hall–Kier alpha value is -1.93. The van der Waals surface area contributed by atoms with Gasteiger partial charge in [-0.2, -0.15) is 5.26 Å². The smallest absolute Gasteiger partial charge is 0.337 e. The Morgan fingerprint density at radius 1 is 1.71 bits per heavy atom. The van der Waals surface area contributed by atoms with Crippen molar-refractivity contribution in [1.29, 1.82) is 5.26 Å². The first-order chi connectivity index (χ1) is 6.65. The zero-order valence-corrected chi connectivity index (χ0v) is 7.34. The zero-order chi connectivity index (χ0) is 10.6. The summed E-state index contributed by atoms with van der Waals surface area (Å²) in [5, 5.41) is 17.1. The SMILES string of the molecule is N#CCC(N)c1cncc(C(=O)O)c1. The molecule has 0 radical (unpaired) electrons. The molecule has 0 bridgehead atoms. The van der Waals surface area contributed by atoms with Crippen LogP contribution in [-0.4, -0.2) is 16.1 Å². The fraction of sp³-hybridized carbons (Fsp3) is 0.222. The van der Waals surface area contributed by atoms with E-state index in [0.29, 0.717) is 5.56 Å². The van der Waals surface area contributed by atoms with Crippen molar-refractivity contribution in [3.05, 3.63) is 29.6 Å². The summed E-state index contributed by atoms with van der Waals surface area (Å²) in [6.07, 6.45) is 2.85. The van der Waals surface area contributed by atoms with Gasteiger partial charge in [0, 0.05) is 18.4 Å². The first-order valence-electron chi connectivity index (χ1n) is 3.96. The Labute approximate surface area is 80.8 Å².